The number of piperidine rings is 2. The smallest absolute Gasteiger partial charge is 0.433 e. The first-order valence-corrected chi connectivity index (χ1v) is 12.9. The van der Waals surface area contributed by atoms with E-state index in [1.807, 2.05) is 4.57 Å². The molecule has 1 amide bonds. The molecule has 2 aromatic rings. The number of carbonyl (C=O) groups excluding carboxylic acids is 1. The number of ether oxygens (including phenoxy) is 1. The van der Waals surface area contributed by atoms with E-state index in [-0.39, 0.29) is 29.9 Å². The van der Waals surface area contributed by atoms with Crippen molar-refractivity contribution in [1.82, 2.24) is 24.6 Å². The Morgan fingerprint density at radius 1 is 0.949 bits per heavy atom. The van der Waals surface area contributed by atoms with Crippen LogP contribution in [0.2, 0.25) is 0 Å². The Morgan fingerprint density at radius 3 is 2.26 bits per heavy atom. The van der Waals surface area contributed by atoms with E-state index in [1.54, 1.807) is 36.9 Å². The van der Waals surface area contributed by atoms with Crippen molar-refractivity contribution in [2.24, 2.45) is 5.92 Å². The van der Waals surface area contributed by atoms with Gasteiger partial charge in [-0.2, -0.15) is 26.3 Å². The zero-order chi connectivity index (χ0) is 28.3. The van der Waals surface area contributed by atoms with Gasteiger partial charge < -0.3 is 19.1 Å². The molecule has 1 saturated carbocycles. The van der Waals surface area contributed by atoms with Gasteiger partial charge in [-0.1, -0.05) is 0 Å². The summed E-state index contributed by atoms with van der Waals surface area (Å²) in [5.41, 5.74) is -3.59. The largest absolute Gasteiger partial charge is 0.444 e. The molecule has 39 heavy (non-hydrogen) atoms. The van der Waals surface area contributed by atoms with Crippen molar-refractivity contribution in [3.05, 3.63) is 35.5 Å². The molecular formula is C25H30F6N6O2. The van der Waals surface area contributed by atoms with E-state index < -0.39 is 41.3 Å². The highest BCUT2D eigenvalue weighted by Crippen LogP contribution is 2.52. The van der Waals surface area contributed by atoms with Crippen molar-refractivity contribution >= 4 is 11.9 Å². The Labute approximate surface area is 221 Å². The monoisotopic (exact) mass is 560 g/mol. The number of likely N-dealkylation sites (tertiary alicyclic amines) is 1. The van der Waals surface area contributed by atoms with Gasteiger partial charge in [-0.25, -0.2) is 9.78 Å². The number of fused-ring (bicyclic) bond motifs is 2. The number of nitrogens with zero attached hydrogens (tertiary/aromatic N) is 6. The third-order valence-electron chi connectivity index (χ3n) is 7.65. The van der Waals surface area contributed by atoms with E-state index in [9.17, 15) is 31.1 Å². The van der Waals surface area contributed by atoms with Gasteiger partial charge in [0.25, 0.3) is 0 Å². The summed E-state index contributed by atoms with van der Waals surface area (Å²) >= 11 is 0. The maximum absolute atomic E-state index is 13.6. The van der Waals surface area contributed by atoms with Crippen molar-refractivity contribution in [1.29, 1.82) is 0 Å². The van der Waals surface area contributed by atoms with Gasteiger partial charge in [0.15, 0.2) is 5.82 Å². The number of hydrogen-bond acceptors (Lipinski definition) is 6. The minimum Gasteiger partial charge on any atom is -0.444 e. The quantitative estimate of drug-likeness (QED) is 0.428. The lowest BCUT2D eigenvalue weighted by molar-refractivity contribution is -0.145. The normalized spacial score (nSPS) is 24.5. The Bertz CT molecular complexity index is 1180. The Kier molecular flexibility index (Phi) is 6.73. The summed E-state index contributed by atoms with van der Waals surface area (Å²) < 4.78 is 88.8. The first-order valence-electron chi connectivity index (χ1n) is 12.9. The van der Waals surface area contributed by atoms with Crippen LogP contribution in [0.1, 0.15) is 82.0 Å². The molecule has 0 spiro atoms. The van der Waals surface area contributed by atoms with Crippen molar-refractivity contribution in [2.45, 2.75) is 89.0 Å². The van der Waals surface area contributed by atoms with Gasteiger partial charge in [-0.05, 0) is 70.9 Å². The first-order chi connectivity index (χ1) is 18.1. The number of carbonyl (C=O) groups is 1. The SMILES string of the molecule is CC(C)(C)OC(=O)N1CCC(n2cnnc2[C@@H]2[C@H]3CC[C@H](C3)N2c2cc(C(F)(F)F)cc(C(F)(F)F)n2)CC1. The van der Waals surface area contributed by atoms with Crippen molar-refractivity contribution in [3.63, 3.8) is 0 Å². The molecule has 5 rings (SSSR count). The third kappa shape index (κ3) is 5.51. The van der Waals surface area contributed by atoms with Crippen LogP contribution in [-0.2, 0) is 17.1 Å². The lowest BCUT2D eigenvalue weighted by atomic mass is 9.96. The topological polar surface area (TPSA) is 76.4 Å². The lowest BCUT2D eigenvalue weighted by Crippen LogP contribution is -2.43. The fourth-order valence-electron chi connectivity index (χ4n) is 6.00. The predicted octanol–water partition coefficient (Wildman–Crippen LogP) is 6.01. The zero-order valence-electron chi connectivity index (χ0n) is 21.8. The average Bonchev–Trinajstić information content (AvgIpc) is 3.57. The number of amides is 1. The van der Waals surface area contributed by atoms with Crippen LogP contribution >= 0.6 is 0 Å². The molecule has 3 atom stereocenters. The van der Waals surface area contributed by atoms with Gasteiger partial charge in [-0.3, -0.25) is 0 Å². The molecule has 2 saturated heterocycles. The zero-order valence-corrected chi connectivity index (χ0v) is 21.8. The van der Waals surface area contributed by atoms with Gasteiger partial charge in [0.05, 0.1) is 11.6 Å². The summed E-state index contributed by atoms with van der Waals surface area (Å²) in [4.78, 5) is 19.3. The second-order valence-corrected chi connectivity index (χ2v) is 11.5. The highest BCUT2D eigenvalue weighted by Gasteiger charge is 2.50. The second kappa shape index (κ2) is 9.54. The molecule has 1 aliphatic carbocycles. The van der Waals surface area contributed by atoms with E-state index >= 15 is 0 Å². The molecule has 2 aromatic heterocycles. The van der Waals surface area contributed by atoms with Crippen molar-refractivity contribution in [2.75, 3.05) is 18.0 Å². The highest BCUT2D eigenvalue weighted by molar-refractivity contribution is 5.68. The van der Waals surface area contributed by atoms with E-state index in [0.29, 0.717) is 50.7 Å². The van der Waals surface area contributed by atoms with Crippen LogP contribution < -0.4 is 4.90 Å². The fraction of sp³-hybridized carbons (Fsp3) is 0.680. The summed E-state index contributed by atoms with van der Waals surface area (Å²) in [6, 6.07) is -0.158. The number of anilines is 1. The van der Waals surface area contributed by atoms with Crippen LogP contribution in [0.4, 0.5) is 37.0 Å². The molecule has 3 fully saturated rings. The Balaban J connectivity index is 1.43. The molecule has 0 aromatic carbocycles. The summed E-state index contributed by atoms with van der Waals surface area (Å²) in [5.74, 6) is 0.125. The van der Waals surface area contributed by atoms with Gasteiger partial charge in [0.2, 0.25) is 0 Å². The minimum absolute atomic E-state index is 0.00881. The maximum Gasteiger partial charge on any atom is 0.433 e. The molecule has 2 bridgehead atoms. The molecule has 4 heterocycles. The van der Waals surface area contributed by atoms with Crippen LogP contribution in [0.15, 0.2) is 18.5 Å². The van der Waals surface area contributed by atoms with Crippen LogP contribution in [0, 0.1) is 5.92 Å². The number of pyridine rings is 1. The average molecular weight is 561 g/mol. The number of aromatic nitrogens is 4. The predicted molar refractivity (Wildman–Crippen MR) is 127 cm³/mol. The minimum atomic E-state index is -5.04. The van der Waals surface area contributed by atoms with Crippen molar-refractivity contribution < 1.29 is 35.9 Å². The molecule has 14 heteroatoms. The van der Waals surface area contributed by atoms with E-state index in [1.165, 1.54) is 0 Å². The second-order valence-electron chi connectivity index (χ2n) is 11.5. The fourth-order valence-corrected chi connectivity index (χ4v) is 6.00. The van der Waals surface area contributed by atoms with E-state index in [2.05, 4.69) is 15.2 Å². The van der Waals surface area contributed by atoms with Gasteiger partial charge in [0, 0.05) is 25.2 Å². The number of alkyl halides is 6. The highest BCUT2D eigenvalue weighted by atomic mass is 19.4. The standard InChI is InChI=1S/C25H30F6N6O2/c1-23(2,3)39-22(38)35-8-6-16(7-9-35)36-13-32-34-21(36)20-14-4-5-17(10-14)37(20)19-12-15(24(26,27)28)11-18(33-19)25(29,30)31/h11-14,16-17,20H,4-10H2,1-3H3/t14-,17+,20-/m0/s1. The maximum atomic E-state index is 13.6. The summed E-state index contributed by atoms with van der Waals surface area (Å²) in [5, 5.41) is 8.38. The molecule has 0 radical (unpaired) electrons. The Morgan fingerprint density at radius 2 is 1.64 bits per heavy atom. The van der Waals surface area contributed by atoms with Crippen LogP contribution in [0.5, 0.6) is 0 Å². The molecule has 8 nitrogen and oxygen atoms in total. The summed E-state index contributed by atoms with van der Waals surface area (Å²) in [6.07, 6.45) is -5.66. The summed E-state index contributed by atoms with van der Waals surface area (Å²) in [6.45, 7) is 6.24. The number of halogens is 6. The van der Waals surface area contributed by atoms with Crippen molar-refractivity contribution in [3.8, 4) is 0 Å². The molecule has 0 N–H and O–H groups in total. The first kappa shape index (κ1) is 27.5. The van der Waals surface area contributed by atoms with Gasteiger partial charge in [0.1, 0.15) is 23.4 Å². The van der Waals surface area contributed by atoms with Gasteiger partial charge >= 0.3 is 18.4 Å². The van der Waals surface area contributed by atoms with Crippen LogP contribution in [-0.4, -0.2) is 55.5 Å². The molecule has 3 aliphatic rings. The van der Waals surface area contributed by atoms with E-state index in [0.717, 1.165) is 6.42 Å². The number of rotatable bonds is 3. The Hall–Kier alpha value is -3.06. The van der Waals surface area contributed by atoms with E-state index in [4.69, 9.17) is 4.74 Å². The van der Waals surface area contributed by atoms with Gasteiger partial charge in [-0.15, -0.1) is 10.2 Å². The third-order valence-corrected chi connectivity index (χ3v) is 7.65. The molecule has 214 valence electrons. The van der Waals surface area contributed by atoms with Crippen LogP contribution in [0.3, 0.4) is 0 Å². The molecule has 0 unspecified atom stereocenters. The molecule has 2 aliphatic heterocycles. The van der Waals surface area contributed by atoms with Crippen LogP contribution in [0.25, 0.3) is 0 Å². The summed E-state index contributed by atoms with van der Waals surface area (Å²) in [7, 11) is 0. The number of hydrogen-bond donors (Lipinski definition) is 0. The lowest BCUT2D eigenvalue weighted by Gasteiger charge is -2.38. The molecular weight excluding hydrogens is 530 g/mol.